The summed E-state index contributed by atoms with van der Waals surface area (Å²) in [6.07, 6.45) is 1.56. The lowest BCUT2D eigenvalue weighted by atomic mass is 10.1. The van der Waals surface area contributed by atoms with Crippen molar-refractivity contribution in [2.75, 3.05) is 5.32 Å². The Hall–Kier alpha value is -2.77. The van der Waals surface area contributed by atoms with Gasteiger partial charge in [-0.15, -0.1) is 0 Å². The molecule has 0 unspecified atom stereocenters. The first kappa shape index (κ1) is 20.0. The summed E-state index contributed by atoms with van der Waals surface area (Å²) in [6, 6.07) is 12.0. The van der Waals surface area contributed by atoms with Crippen LogP contribution in [0.25, 0.3) is 5.69 Å². The van der Waals surface area contributed by atoms with Crippen LogP contribution in [0.1, 0.15) is 22.4 Å². The fourth-order valence-corrected chi connectivity index (χ4v) is 3.07. The van der Waals surface area contributed by atoms with Gasteiger partial charge in [0, 0.05) is 5.69 Å². The Kier molecular flexibility index (Phi) is 6.06. The van der Waals surface area contributed by atoms with Gasteiger partial charge < -0.3 is 5.32 Å². The summed E-state index contributed by atoms with van der Waals surface area (Å²) in [5.41, 5.74) is 7.92. The molecule has 0 radical (unpaired) electrons. The van der Waals surface area contributed by atoms with Gasteiger partial charge >= 0.3 is 0 Å². The Balaban J connectivity index is 1.71. The molecule has 3 rings (SSSR count). The molecular formula is C20H19ClFN5S. The summed E-state index contributed by atoms with van der Waals surface area (Å²) in [4.78, 5) is 0. The molecule has 0 saturated carbocycles. The molecule has 8 heteroatoms. The van der Waals surface area contributed by atoms with E-state index in [2.05, 4.69) is 20.9 Å². The average molecular weight is 416 g/mol. The van der Waals surface area contributed by atoms with Crippen LogP contribution in [0.15, 0.2) is 47.6 Å². The number of hydrogen-bond donors (Lipinski definition) is 2. The smallest absolute Gasteiger partial charge is 0.191 e. The van der Waals surface area contributed by atoms with Gasteiger partial charge in [-0.3, -0.25) is 5.43 Å². The molecule has 0 saturated heterocycles. The maximum atomic E-state index is 13.1. The SMILES string of the molecule is Cc1ccc(C)c(NC(=S)N/N=C/c2c(C)nn(-c3ccc(F)cc3)c2Cl)c1. The van der Waals surface area contributed by atoms with E-state index in [1.54, 1.807) is 18.3 Å². The van der Waals surface area contributed by atoms with Crippen LogP contribution in [0.4, 0.5) is 10.1 Å². The predicted molar refractivity (Wildman–Crippen MR) is 116 cm³/mol. The molecule has 1 heterocycles. The van der Waals surface area contributed by atoms with Crippen molar-refractivity contribution < 1.29 is 4.39 Å². The quantitative estimate of drug-likeness (QED) is 0.361. The average Bonchev–Trinajstić information content (AvgIpc) is 2.93. The third kappa shape index (κ3) is 4.55. The second kappa shape index (κ2) is 8.50. The number of hydrogen-bond acceptors (Lipinski definition) is 3. The lowest BCUT2D eigenvalue weighted by molar-refractivity contribution is 0.627. The van der Waals surface area contributed by atoms with E-state index in [0.717, 1.165) is 16.8 Å². The van der Waals surface area contributed by atoms with Crippen LogP contribution in [0.3, 0.4) is 0 Å². The van der Waals surface area contributed by atoms with Crippen LogP contribution in [0, 0.1) is 26.6 Å². The highest BCUT2D eigenvalue weighted by Crippen LogP contribution is 2.22. The summed E-state index contributed by atoms with van der Waals surface area (Å²) in [5, 5.41) is 12.4. The fraction of sp³-hybridized carbons (Fsp3) is 0.150. The molecule has 0 amide bonds. The third-order valence-electron chi connectivity index (χ3n) is 4.12. The molecule has 0 aliphatic heterocycles. The van der Waals surface area contributed by atoms with E-state index in [4.69, 9.17) is 23.8 Å². The van der Waals surface area contributed by atoms with Gasteiger partial charge in [-0.1, -0.05) is 23.7 Å². The summed E-state index contributed by atoms with van der Waals surface area (Å²) in [7, 11) is 0. The summed E-state index contributed by atoms with van der Waals surface area (Å²) < 4.78 is 14.7. The van der Waals surface area contributed by atoms with E-state index in [9.17, 15) is 4.39 Å². The van der Waals surface area contributed by atoms with Crippen molar-refractivity contribution in [3.63, 3.8) is 0 Å². The van der Waals surface area contributed by atoms with Gasteiger partial charge in [-0.05, 0) is 74.4 Å². The highest BCUT2D eigenvalue weighted by atomic mass is 35.5. The van der Waals surface area contributed by atoms with Crippen molar-refractivity contribution in [1.29, 1.82) is 0 Å². The Bertz CT molecular complexity index is 1040. The number of aryl methyl sites for hydroxylation is 3. The van der Waals surface area contributed by atoms with E-state index in [-0.39, 0.29) is 5.82 Å². The first-order chi connectivity index (χ1) is 13.3. The van der Waals surface area contributed by atoms with E-state index in [1.165, 1.54) is 16.8 Å². The van der Waals surface area contributed by atoms with Crippen molar-refractivity contribution in [2.45, 2.75) is 20.8 Å². The van der Waals surface area contributed by atoms with Gasteiger partial charge in [0.25, 0.3) is 0 Å². The summed E-state index contributed by atoms with van der Waals surface area (Å²) in [6.45, 7) is 5.84. The van der Waals surface area contributed by atoms with Crippen LogP contribution in [0.2, 0.25) is 5.15 Å². The zero-order valence-corrected chi connectivity index (χ0v) is 17.2. The van der Waals surface area contributed by atoms with Crippen molar-refractivity contribution >= 4 is 40.8 Å². The Morgan fingerprint density at radius 3 is 2.61 bits per heavy atom. The lowest BCUT2D eigenvalue weighted by Gasteiger charge is -2.10. The molecule has 0 bridgehead atoms. The topological polar surface area (TPSA) is 54.2 Å². The Morgan fingerprint density at radius 1 is 1.18 bits per heavy atom. The number of anilines is 1. The third-order valence-corrected chi connectivity index (χ3v) is 4.68. The minimum atomic E-state index is -0.320. The van der Waals surface area contributed by atoms with Gasteiger partial charge in [-0.25, -0.2) is 9.07 Å². The van der Waals surface area contributed by atoms with E-state index < -0.39 is 0 Å². The largest absolute Gasteiger partial charge is 0.331 e. The Labute approximate surface area is 173 Å². The molecule has 2 aromatic carbocycles. The number of halogens is 2. The molecule has 2 N–H and O–H groups in total. The number of hydrazone groups is 1. The number of rotatable bonds is 4. The summed E-state index contributed by atoms with van der Waals surface area (Å²) in [5.74, 6) is -0.320. The molecule has 1 aromatic heterocycles. The van der Waals surface area contributed by atoms with Gasteiger partial charge in [0.05, 0.1) is 23.2 Å². The van der Waals surface area contributed by atoms with Crippen LogP contribution in [-0.2, 0) is 0 Å². The van der Waals surface area contributed by atoms with Crippen molar-refractivity contribution in [2.24, 2.45) is 5.10 Å². The molecule has 0 fully saturated rings. The zero-order valence-electron chi connectivity index (χ0n) is 15.6. The van der Waals surface area contributed by atoms with Gasteiger partial charge in [-0.2, -0.15) is 10.2 Å². The molecular weight excluding hydrogens is 397 g/mol. The maximum Gasteiger partial charge on any atom is 0.191 e. The van der Waals surface area contributed by atoms with Gasteiger partial charge in [0.1, 0.15) is 11.0 Å². The number of nitrogens with zero attached hydrogens (tertiary/aromatic N) is 3. The van der Waals surface area contributed by atoms with Gasteiger partial charge in [0.2, 0.25) is 0 Å². The van der Waals surface area contributed by atoms with E-state index in [0.29, 0.717) is 27.2 Å². The minimum absolute atomic E-state index is 0.320. The van der Waals surface area contributed by atoms with Crippen LogP contribution in [-0.4, -0.2) is 21.1 Å². The Morgan fingerprint density at radius 2 is 1.89 bits per heavy atom. The minimum Gasteiger partial charge on any atom is -0.331 e. The fourth-order valence-electron chi connectivity index (χ4n) is 2.59. The predicted octanol–water partition coefficient (Wildman–Crippen LogP) is 4.91. The van der Waals surface area contributed by atoms with Crippen LogP contribution >= 0.6 is 23.8 Å². The summed E-state index contributed by atoms with van der Waals surface area (Å²) >= 11 is 11.7. The number of aromatic nitrogens is 2. The number of thiocarbonyl (C=S) groups is 1. The molecule has 0 aliphatic carbocycles. The van der Waals surface area contributed by atoms with Crippen molar-refractivity contribution in [3.8, 4) is 5.69 Å². The lowest BCUT2D eigenvalue weighted by Crippen LogP contribution is -2.24. The maximum absolute atomic E-state index is 13.1. The standard InChI is InChI=1S/C20H19ClFN5S/c1-12-4-5-13(2)18(10-12)24-20(28)25-23-11-17-14(3)26-27(19(17)21)16-8-6-15(22)7-9-16/h4-11H,1-3H3,(H2,24,25,28)/b23-11+. The molecule has 28 heavy (non-hydrogen) atoms. The monoisotopic (exact) mass is 415 g/mol. The van der Waals surface area contributed by atoms with Gasteiger partial charge in [0.15, 0.2) is 5.11 Å². The van der Waals surface area contributed by atoms with Crippen LogP contribution in [0.5, 0.6) is 0 Å². The van der Waals surface area contributed by atoms with Crippen molar-refractivity contribution in [3.05, 3.63) is 75.8 Å². The first-order valence-corrected chi connectivity index (χ1v) is 9.32. The highest BCUT2D eigenvalue weighted by molar-refractivity contribution is 7.80. The normalized spacial score (nSPS) is 11.0. The molecule has 0 atom stereocenters. The second-order valence-electron chi connectivity index (χ2n) is 6.32. The zero-order chi connectivity index (χ0) is 20.3. The molecule has 5 nitrogen and oxygen atoms in total. The number of benzene rings is 2. The number of nitrogens with one attached hydrogen (secondary N) is 2. The van der Waals surface area contributed by atoms with E-state index in [1.807, 2.05) is 39.0 Å². The molecule has 3 aromatic rings. The second-order valence-corrected chi connectivity index (χ2v) is 7.09. The van der Waals surface area contributed by atoms with Crippen LogP contribution < -0.4 is 10.7 Å². The highest BCUT2D eigenvalue weighted by Gasteiger charge is 2.13. The van der Waals surface area contributed by atoms with Crippen molar-refractivity contribution in [1.82, 2.24) is 15.2 Å². The molecule has 0 spiro atoms. The molecule has 144 valence electrons. The first-order valence-electron chi connectivity index (χ1n) is 8.53. The van der Waals surface area contributed by atoms with E-state index >= 15 is 0 Å². The molecule has 0 aliphatic rings.